The highest BCUT2D eigenvalue weighted by molar-refractivity contribution is 6.30. The Hall–Kier alpha value is -1.28. The smallest absolute Gasteiger partial charge is 0.0919 e. The summed E-state index contributed by atoms with van der Waals surface area (Å²) in [6, 6.07) is 7.93. The van der Waals surface area contributed by atoms with Crippen LogP contribution in [-0.4, -0.2) is 9.97 Å². The number of aryl methyl sites for hydroxylation is 1. The molecule has 74 valence electrons. The maximum Gasteiger partial charge on any atom is 0.0919 e. The van der Waals surface area contributed by atoms with Crippen LogP contribution < -0.4 is 0 Å². The highest BCUT2D eigenvalue weighted by Gasteiger charge is 1.87. The molecule has 2 rings (SSSR count). The van der Waals surface area contributed by atoms with Crippen molar-refractivity contribution in [2.45, 2.75) is 13.3 Å². The summed E-state index contributed by atoms with van der Waals surface area (Å²) in [7, 11) is 0. The van der Waals surface area contributed by atoms with Gasteiger partial charge < -0.3 is 4.98 Å². The van der Waals surface area contributed by atoms with Gasteiger partial charge in [0.2, 0.25) is 0 Å². The molecule has 0 amide bonds. The van der Waals surface area contributed by atoms with Crippen molar-refractivity contribution in [2.24, 2.45) is 0 Å². The number of halogens is 1. The maximum atomic E-state index is 5.72. The van der Waals surface area contributed by atoms with Crippen molar-refractivity contribution in [2.75, 3.05) is 0 Å². The third-order valence-corrected chi connectivity index (χ3v) is 1.94. The van der Waals surface area contributed by atoms with Crippen LogP contribution in [0, 0.1) is 0 Å². The van der Waals surface area contributed by atoms with Crippen LogP contribution in [0.4, 0.5) is 0 Å². The van der Waals surface area contributed by atoms with Crippen molar-refractivity contribution in [1.29, 1.82) is 0 Å². The quantitative estimate of drug-likeness (QED) is 0.766. The van der Waals surface area contributed by atoms with Gasteiger partial charge in [0, 0.05) is 17.4 Å². The molecule has 0 atom stereocenters. The Kier molecular flexibility index (Phi) is 4.79. The molecule has 2 nitrogen and oxygen atoms in total. The molecule has 1 N–H and O–H groups in total. The number of nitrogens with zero attached hydrogens (tertiary/aromatic N) is 1. The average molecular weight is 209 g/mol. The van der Waals surface area contributed by atoms with E-state index in [2.05, 4.69) is 23.0 Å². The maximum absolute atomic E-state index is 5.72. The highest BCUT2D eigenvalue weighted by atomic mass is 35.5. The molecule has 3 heteroatoms. The number of benzene rings is 1. The molecule has 0 radical (unpaired) electrons. The lowest BCUT2D eigenvalue weighted by molar-refractivity contribution is 1.14. The minimum absolute atomic E-state index is 0.828. The number of rotatable bonds is 1. The van der Waals surface area contributed by atoms with Gasteiger partial charge in [-0.15, -0.1) is 0 Å². The molecule has 1 aromatic carbocycles. The number of aromatic nitrogens is 2. The molecule has 0 saturated heterocycles. The predicted molar refractivity (Wildman–Crippen MR) is 59.4 cm³/mol. The lowest BCUT2D eigenvalue weighted by atomic mass is 10.2. The second kappa shape index (κ2) is 6.22. The summed E-state index contributed by atoms with van der Waals surface area (Å²) in [5.74, 6) is 0. The fourth-order valence-electron chi connectivity index (χ4n) is 0.972. The first kappa shape index (κ1) is 10.8. The summed E-state index contributed by atoms with van der Waals surface area (Å²) in [4.78, 5) is 6.42. The van der Waals surface area contributed by atoms with Gasteiger partial charge in [0.25, 0.3) is 0 Å². The van der Waals surface area contributed by atoms with Crippen molar-refractivity contribution in [3.63, 3.8) is 0 Å². The van der Waals surface area contributed by atoms with E-state index in [-0.39, 0.29) is 0 Å². The van der Waals surface area contributed by atoms with Gasteiger partial charge >= 0.3 is 0 Å². The van der Waals surface area contributed by atoms with Crippen LogP contribution in [0.5, 0.6) is 0 Å². The SMILES string of the molecule is CCc1cccc(Cl)c1.c1c[nH]cn1. The van der Waals surface area contributed by atoms with Gasteiger partial charge in [-0.3, -0.25) is 0 Å². The normalized spacial score (nSPS) is 9.00. The third kappa shape index (κ3) is 4.10. The van der Waals surface area contributed by atoms with Crippen LogP contribution in [-0.2, 0) is 6.42 Å². The zero-order valence-electron chi connectivity index (χ0n) is 8.07. The highest BCUT2D eigenvalue weighted by Crippen LogP contribution is 2.10. The number of H-pyrrole nitrogens is 1. The number of nitrogens with one attached hydrogen (secondary N) is 1. The van der Waals surface area contributed by atoms with E-state index in [4.69, 9.17) is 11.6 Å². The van der Waals surface area contributed by atoms with Crippen LogP contribution in [0.1, 0.15) is 12.5 Å². The van der Waals surface area contributed by atoms with Gasteiger partial charge in [-0.1, -0.05) is 30.7 Å². The third-order valence-electron chi connectivity index (χ3n) is 1.70. The first-order valence-electron chi connectivity index (χ1n) is 4.50. The topological polar surface area (TPSA) is 28.7 Å². The second-order valence-corrected chi connectivity index (χ2v) is 3.18. The van der Waals surface area contributed by atoms with Crippen LogP contribution in [0.25, 0.3) is 0 Å². The molecule has 0 fully saturated rings. The Morgan fingerprint density at radius 2 is 2.29 bits per heavy atom. The van der Waals surface area contributed by atoms with Crippen molar-refractivity contribution in [3.05, 3.63) is 53.6 Å². The standard InChI is InChI=1S/C8H9Cl.C3H4N2/c1-2-7-4-3-5-8(9)6-7;1-2-5-3-4-1/h3-6H,2H2,1H3;1-3H,(H,4,5). The molecule has 1 heterocycles. The number of imidazole rings is 1. The molecule has 0 saturated carbocycles. The fourth-order valence-corrected chi connectivity index (χ4v) is 1.18. The molecule has 14 heavy (non-hydrogen) atoms. The summed E-state index contributed by atoms with van der Waals surface area (Å²) in [5, 5.41) is 0.828. The van der Waals surface area contributed by atoms with E-state index in [1.165, 1.54) is 5.56 Å². The number of aromatic amines is 1. The number of hydrogen-bond donors (Lipinski definition) is 1. The number of hydrogen-bond acceptors (Lipinski definition) is 1. The first-order valence-corrected chi connectivity index (χ1v) is 4.88. The van der Waals surface area contributed by atoms with Crippen LogP contribution >= 0.6 is 11.6 Å². The Labute approximate surface area is 89.0 Å². The van der Waals surface area contributed by atoms with E-state index in [0.29, 0.717) is 0 Å². The van der Waals surface area contributed by atoms with E-state index in [0.717, 1.165) is 11.4 Å². The summed E-state index contributed by atoms with van der Waals surface area (Å²) in [5.41, 5.74) is 1.29. The molecule has 0 aliphatic heterocycles. The Bertz CT molecular complexity index is 327. The van der Waals surface area contributed by atoms with Crippen molar-refractivity contribution in [1.82, 2.24) is 9.97 Å². The van der Waals surface area contributed by atoms with Gasteiger partial charge in [0.15, 0.2) is 0 Å². The van der Waals surface area contributed by atoms with Gasteiger partial charge in [-0.05, 0) is 24.1 Å². The average Bonchev–Trinajstić information content (AvgIpc) is 2.75. The molecular weight excluding hydrogens is 196 g/mol. The summed E-state index contributed by atoms with van der Waals surface area (Å²) < 4.78 is 0. The summed E-state index contributed by atoms with van der Waals surface area (Å²) >= 11 is 5.72. The van der Waals surface area contributed by atoms with Crippen molar-refractivity contribution in [3.8, 4) is 0 Å². The van der Waals surface area contributed by atoms with Gasteiger partial charge in [0.05, 0.1) is 6.33 Å². The van der Waals surface area contributed by atoms with Crippen LogP contribution in [0.3, 0.4) is 0 Å². The van der Waals surface area contributed by atoms with E-state index in [1.807, 2.05) is 18.2 Å². The molecule has 2 aromatic rings. The summed E-state index contributed by atoms with van der Waals surface area (Å²) in [6.07, 6.45) is 6.14. The second-order valence-electron chi connectivity index (χ2n) is 2.74. The van der Waals surface area contributed by atoms with Crippen LogP contribution in [0.2, 0.25) is 5.02 Å². The van der Waals surface area contributed by atoms with E-state index < -0.39 is 0 Å². The zero-order chi connectivity index (χ0) is 10.2. The Balaban J connectivity index is 0.000000165. The summed E-state index contributed by atoms with van der Waals surface area (Å²) in [6.45, 7) is 2.12. The molecule has 0 aliphatic carbocycles. The lowest BCUT2D eigenvalue weighted by Gasteiger charge is -1.93. The van der Waals surface area contributed by atoms with E-state index >= 15 is 0 Å². The lowest BCUT2D eigenvalue weighted by Crippen LogP contribution is -1.76. The molecule has 0 spiro atoms. The first-order chi connectivity index (χ1) is 6.83. The molecular formula is C11H13ClN2. The van der Waals surface area contributed by atoms with Gasteiger partial charge in [-0.2, -0.15) is 0 Å². The van der Waals surface area contributed by atoms with Crippen LogP contribution in [0.15, 0.2) is 43.0 Å². The minimum Gasteiger partial charge on any atom is -0.351 e. The Morgan fingerprint density at radius 3 is 2.64 bits per heavy atom. The van der Waals surface area contributed by atoms with Crippen molar-refractivity contribution >= 4 is 11.6 Å². The van der Waals surface area contributed by atoms with Gasteiger partial charge in [-0.25, -0.2) is 4.98 Å². The van der Waals surface area contributed by atoms with Gasteiger partial charge in [0.1, 0.15) is 0 Å². The molecule has 0 unspecified atom stereocenters. The minimum atomic E-state index is 0.828. The molecule has 1 aromatic heterocycles. The van der Waals surface area contributed by atoms with E-state index in [1.54, 1.807) is 18.7 Å². The largest absolute Gasteiger partial charge is 0.351 e. The predicted octanol–water partition coefficient (Wildman–Crippen LogP) is 3.31. The van der Waals surface area contributed by atoms with E-state index in [9.17, 15) is 0 Å². The van der Waals surface area contributed by atoms with Crippen molar-refractivity contribution < 1.29 is 0 Å². The zero-order valence-corrected chi connectivity index (χ0v) is 8.83. The monoisotopic (exact) mass is 208 g/mol. The Morgan fingerprint density at radius 1 is 1.43 bits per heavy atom. The fraction of sp³-hybridized carbons (Fsp3) is 0.182. The molecule has 0 bridgehead atoms. The molecule has 0 aliphatic rings.